The van der Waals surface area contributed by atoms with Crippen LogP contribution in [0.2, 0.25) is 0 Å². The monoisotopic (exact) mass is 214 g/mol. The van der Waals surface area contributed by atoms with Gasteiger partial charge in [0, 0.05) is 0 Å². The molecule has 0 aliphatic heterocycles. The molecule has 0 aromatic heterocycles. The lowest BCUT2D eigenvalue weighted by atomic mass is 9.98. The van der Waals surface area contributed by atoms with Gasteiger partial charge in [-0.25, -0.2) is 0 Å². The molecule has 1 unspecified atom stereocenters. The number of esters is 1. The van der Waals surface area contributed by atoms with Crippen molar-refractivity contribution in [3.63, 3.8) is 0 Å². The zero-order chi connectivity index (χ0) is 11.5. The summed E-state index contributed by atoms with van der Waals surface area (Å²) in [6, 6.07) is 0. The molecular formula is C13H26O2. The van der Waals surface area contributed by atoms with Gasteiger partial charge in [-0.05, 0) is 19.3 Å². The predicted octanol–water partition coefficient (Wildman–Crippen LogP) is 3.94. The van der Waals surface area contributed by atoms with E-state index in [-0.39, 0.29) is 11.9 Å². The largest absolute Gasteiger partial charge is 0.465 e. The average Bonchev–Trinajstić information content (AvgIpc) is 2.26. The fourth-order valence-electron chi connectivity index (χ4n) is 1.63. The summed E-state index contributed by atoms with van der Waals surface area (Å²) in [5, 5.41) is 0. The third-order valence-corrected chi connectivity index (χ3v) is 2.68. The maximum absolute atomic E-state index is 11.6. The van der Waals surface area contributed by atoms with E-state index in [0.717, 1.165) is 25.7 Å². The van der Waals surface area contributed by atoms with Crippen LogP contribution in [0.15, 0.2) is 0 Å². The van der Waals surface area contributed by atoms with Crippen LogP contribution in [0.1, 0.15) is 65.7 Å². The Hall–Kier alpha value is -0.530. The third kappa shape index (κ3) is 7.40. The summed E-state index contributed by atoms with van der Waals surface area (Å²) in [4.78, 5) is 11.6. The maximum Gasteiger partial charge on any atom is 0.308 e. The van der Waals surface area contributed by atoms with Crippen molar-refractivity contribution in [2.24, 2.45) is 5.92 Å². The number of rotatable bonds is 9. The van der Waals surface area contributed by atoms with Crippen LogP contribution in [0, 0.1) is 5.92 Å². The summed E-state index contributed by atoms with van der Waals surface area (Å²) in [6.45, 7) is 6.87. The Morgan fingerprint density at radius 3 is 2.33 bits per heavy atom. The molecule has 0 fully saturated rings. The first-order chi connectivity index (χ1) is 7.26. The normalized spacial score (nSPS) is 12.5. The quantitative estimate of drug-likeness (QED) is 0.429. The molecule has 0 heterocycles. The van der Waals surface area contributed by atoms with Crippen molar-refractivity contribution < 1.29 is 9.53 Å². The number of ether oxygens (including phenoxy) is 1. The summed E-state index contributed by atoms with van der Waals surface area (Å²) < 4.78 is 5.16. The molecule has 0 saturated heterocycles. The van der Waals surface area contributed by atoms with Crippen molar-refractivity contribution in [3.05, 3.63) is 0 Å². The molecule has 90 valence electrons. The summed E-state index contributed by atoms with van der Waals surface area (Å²) in [5.41, 5.74) is 0. The van der Waals surface area contributed by atoms with Gasteiger partial charge in [-0.3, -0.25) is 4.79 Å². The van der Waals surface area contributed by atoms with E-state index in [2.05, 4.69) is 13.8 Å². The minimum Gasteiger partial charge on any atom is -0.465 e. The van der Waals surface area contributed by atoms with E-state index >= 15 is 0 Å². The lowest BCUT2D eigenvalue weighted by molar-refractivity contribution is -0.149. The highest BCUT2D eigenvalue weighted by Gasteiger charge is 2.16. The first-order valence-corrected chi connectivity index (χ1v) is 6.42. The molecule has 0 rings (SSSR count). The highest BCUT2D eigenvalue weighted by atomic mass is 16.5. The van der Waals surface area contributed by atoms with Gasteiger partial charge in [0.25, 0.3) is 0 Å². The van der Waals surface area contributed by atoms with Crippen molar-refractivity contribution in [1.29, 1.82) is 0 Å². The van der Waals surface area contributed by atoms with E-state index in [0.29, 0.717) is 6.61 Å². The van der Waals surface area contributed by atoms with Gasteiger partial charge in [0.1, 0.15) is 0 Å². The number of unbranched alkanes of at least 4 members (excludes halogenated alkanes) is 3. The molecule has 0 aromatic carbocycles. The minimum absolute atomic E-state index is 0.0100. The van der Waals surface area contributed by atoms with Gasteiger partial charge in [-0.2, -0.15) is 0 Å². The van der Waals surface area contributed by atoms with E-state index in [1.165, 1.54) is 19.3 Å². The Balaban J connectivity index is 3.65. The highest BCUT2D eigenvalue weighted by Crippen LogP contribution is 2.15. The molecule has 0 aromatic rings. The van der Waals surface area contributed by atoms with Gasteiger partial charge in [-0.1, -0.05) is 46.5 Å². The van der Waals surface area contributed by atoms with Crippen LogP contribution < -0.4 is 0 Å². The van der Waals surface area contributed by atoms with Gasteiger partial charge in [0.05, 0.1) is 12.5 Å². The van der Waals surface area contributed by atoms with E-state index in [9.17, 15) is 4.79 Å². The van der Waals surface area contributed by atoms with Gasteiger partial charge in [0.2, 0.25) is 0 Å². The van der Waals surface area contributed by atoms with Crippen molar-refractivity contribution in [2.75, 3.05) is 6.61 Å². The summed E-state index contributed by atoms with van der Waals surface area (Å²) in [5.74, 6) is 0.143. The van der Waals surface area contributed by atoms with Gasteiger partial charge in [0.15, 0.2) is 0 Å². The molecule has 0 radical (unpaired) electrons. The van der Waals surface area contributed by atoms with E-state index in [4.69, 9.17) is 4.74 Å². The van der Waals surface area contributed by atoms with Gasteiger partial charge >= 0.3 is 5.97 Å². The molecule has 0 aliphatic rings. The SMILES string of the molecule is CCCCCCC(CC)C(=O)OCCC. The maximum atomic E-state index is 11.6. The van der Waals surface area contributed by atoms with E-state index in [1.54, 1.807) is 0 Å². The van der Waals surface area contributed by atoms with Crippen molar-refractivity contribution in [1.82, 2.24) is 0 Å². The Labute approximate surface area is 94.4 Å². The molecule has 1 atom stereocenters. The predicted molar refractivity (Wildman–Crippen MR) is 63.8 cm³/mol. The van der Waals surface area contributed by atoms with Crippen molar-refractivity contribution in [3.8, 4) is 0 Å². The van der Waals surface area contributed by atoms with Crippen LogP contribution in [0.5, 0.6) is 0 Å². The van der Waals surface area contributed by atoms with Crippen LogP contribution in [0.4, 0.5) is 0 Å². The molecule has 0 aliphatic carbocycles. The average molecular weight is 214 g/mol. The van der Waals surface area contributed by atoms with Crippen LogP contribution in [0.25, 0.3) is 0 Å². The summed E-state index contributed by atoms with van der Waals surface area (Å²) in [7, 11) is 0. The Morgan fingerprint density at radius 1 is 1.07 bits per heavy atom. The summed E-state index contributed by atoms with van der Waals surface area (Å²) in [6.07, 6.45) is 7.75. The molecular weight excluding hydrogens is 188 g/mol. The second-order valence-electron chi connectivity index (χ2n) is 4.12. The Morgan fingerprint density at radius 2 is 1.80 bits per heavy atom. The third-order valence-electron chi connectivity index (χ3n) is 2.68. The number of carbonyl (C=O) groups is 1. The summed E-state index contributed by atoms with van der Waals surface area (Å²) >= 11 is 0. The first-order valence-electron chi connectivity index (χ1n) is 6.42. The molecule has 0 spiro atoms. The van der Waals surface area contributed by atoms with E-state index in [1.807, 2.05) is 6.92 Å². The van der Waals surface area contributed by atoms with Gasteiger partial charge < -0.3 is 4.74 Å². The Bertz CT molecular complexity index is 155. The first kappa shape index (κ1) is 14.5. The van der Waals surface area contributed by atoms with Crippen LogP contribution in [0.3, 0.4) is 0 Å². The van der Waals surface area contributed by atoms with Gasteiger partial charge in [-0.15, -0.1) is 0 Å². The zero-order valence-corrected chi connectivity index (χ0v) is 10.6. The number of hydrogen-bond acceptors (Lipinski definition) is 2. The van der Waals surface area contributed by atoms with Crippen molar-refractivity contribution >= 4 is 5.97 Å². The minimum atomic E-state index is 0.0100. The smallest absolute Gasteiger partial charge is 0.308 e. The molecule has 0 amide bonds. The molecule has 15 heavy (non-hydrogen) atoms. The standard InChI is InChI=1S/C13H26O2/c1-4-7-8-9-10-12(6-3)13(14)15-11-5-2/h12H,4-11H2,1-3H3. The van der Waals surface area contributed by atoms with Crippen LogP contribution in [-0.4, -0.2) is 12.6 Å². The number of hydrogen-bond donors (Lipinski definition) is 0. The topological polar surface area (TPSA) is 26.3 Å². The molecule has 2 nitrogen and oxygen atoms in total. The molecule has 2 heteroatoms. The van der Waals surface area contributed by atoms with Crippen molar-refractivity contribution in [2.45, 2.75) is 65.7 Å². The molecule has 0 N–H and O–H groups in total. The second kappa shape index (κ2) is 10.0. The number of carbonyl (C=O) groups excluding carboxylic acids is 1. The highest BCUT2D eigenvalue weighted by molar-refractivity contribution is 5.72. The lowest BCUT2D eigenvalue weighted by Crippen LogP contribution is -2.17. The lowest BCUT2D eigenvalue weighted by Gasteiger charge is -2.13. The molecule has 0 bridgehead atoms. The second-order valence-corrected chi connectivity index (χ2v) is 4.12. The fourth-order valence-corrected chi connectivity index (χ4v) is 1.63. The molecule has 0 saturated carbocycles. The van der Waals surface area contributed by atoms with Crippen LogP contribution >= 0.6 is 0 Å². The fraction of sp³-hybridized carbons (Fsp3) is 0.923. The van der Waals surface area contributed by atoms with E-state index < -0.39 is 0 Å². The zero-order valence-electron chi connectivity index (χ0n) is 10.6. The Kier molecular flexibility index (Phi) is 9.65. The van der Waals surface area contributed by atoms with Crippen LogP contribution in [-0.2, 0) is 9.53 Å².